The number of nitrogen functional groups attached to an aromatic ring is 1. The summed E-state index contributed by atoms with van der Waals surface area (Å²) in [4.78, 5) is 19.3. The second-order valence-corrected chi connectivity index (χ2v) is 4.71. The molecule has 0 aliphatic heterocycles. The van der Waals surface area contributed by atoms with Crippen molar-refractivity contribution in [3.63, 3.8) is 0 Å². The lowest BCUT2D eigenvalue weighted by molar-refractivity contribution is 0.0856. The van der Waals surface area contributed by atoms with Crippen LogP contribution in [-0.2, 0) is 0 Å². The van der Waals surface area contributed by atoms with E-state index in [4.69, 9.17) is 15.6 Å². The first kappa shape index (κ1) is 13.7. The van der Waals surface area contributed by atoms with E-state index in [1.165, 1.54) is 6.33 Å². The Kier molecular flexibility index (Phi) is 3.30. The van der Waals surface area contributed by atoms with E-state index in [9.17, 15) is 4.79 Å². The maximum Gasteiger partial charge on any atom is 0.531 e. The first-order chi connectivity index (χ1) is 10.5. The van der Waals surface area contributed by atoms with E-state index in [1.807, 2.05) is 13.0 Å². The fourth-order valence-corrected chi connectivity index (χ4v) is 2.10. The monoisotopic (exact) mass is 299 g/mol. The van der Waals surface area contributed by atoms with Gasteiger partial charge in [-0.3, -0.25) is 4.84 Å². The number of nitrogens with two attached hydrogens (primary N) is 1. The quantitative estimate of drug-likeness (QED) is 0.721. The van der Waals surface area contributed by atoms with Gasteiger partial charge in [0.1, 0.15) is 23.3 Å². The predicted molar refractivity (Wildman–Crippen MR) is 80.0 cm³/mol. The number of benzene rings is 2. The Morgan fingerprint density at radius 3 is 2.82 bits per heavy atom. The lowest BCUT2D eigenvalue weighted by Crippen LogP contribution is -2.16. The van der Waals surface area contributed by atoms with Gasteiger partial charge in [0.2, 0.25) is 0 Å². The summed E-state index contributed by atoms with van der Waals surface area (Å²) in [5.74, 6) is 1.20. The standard InChI is InChI=1S/C15H13N3O4/c1-9-6-10(16)2-5-14(9)21-11-3-4-12-13(7-11)18(8-17-12)22-15(19)20/h2-8H,16H2,1H3,(H,19,20). The molecule has 0 fully saturated rings. The normalized spacial score (nSPS) is 10.6. The van der Waals surface area contributed by atoms with E-state index in [1.54, 1.807) is 30.3 Å². The molecule has 3 N–H and O–H groups in total. The van der Waals surface area contributed by atoms with Crippen LogP contribution in [0.1, 0.15) is 5.56 Å². The van der Waals surface area contributed by atoms with Gasteiger partial charge >= 0.3 is 6.16 Å². The van der Waals surface area contributed by atoms with Crippen LogP contribution in [0.5, 0.6) is 11.5 Å². The van der Waals surface area contributed by atoms with Gasteiger partial charge in [0.05, 0.1) is 5.52 Å². The second kappa shape index (κ2) is 5.28. The molecule has 0 spiro atoms. The summed E-state index contributed by atoms with van der Waals surface area (Å²) in [5, 5.41) is 8.70. The minimum atomic E-state index is -1.42. The van der Waals surface area contributed by atoms with E-state index >= 15 is 0 Å². The number of nitrogens with zero attached hydrogens (tertiary/aromatic N) is 2. The second-order valence-electron chi connectivity index (χ2n) is 4.71. The molecule has 0 atom stereocenters. The van der Waals surface area contributed by atoms with Crippen molar-refractivity contribution in [1.82, 2.24) is 9.71 Å². The molecule has 0 amide bonds. The highest BCUT2D eigenvalue weighted by molar-refractivity contribution is 5.77. The van der Waals surface area contributed by atoms with Gasteiger partial charge in [0, 0.05) is 11.8 Å². The molecule has 7 heteroatoms. The van der Waals surface area contributed by atoms with Crippen LogP contribution in [0.4, 0.5) is 10.5 Å². The molecule has 22 heavy (non-hydrogen) atoms. The van der Waals surface area contributed by atoms with Gasteiger partial charge < -0.3 is 15.6 Å². The number of hydrogen-bond donors (Lipinski definition) is 2. The molecular weight excluding hydrogens is 286 g/mol. The van der Waals surface area contributed by atoms with Crippen molar-refractivity contribution in [2.75, 3.05) is 5.73 Å². The molecule has 3 rings (SSSR count). The van der Waals surface area contributed by atoms with Crippen LogP contribution in [0.25, 0.3) is 11.0 Å². The van der Waals surface area contributed by atoms with Gasteiger partial charge in [-0.2, -0.15) is 4.73 Å². The van der Waals surface area contributed by atoms with Gasteiger partial charge in [-0.25, -0.2) is 9.78 Å². The molecule has 1 aromatic heterocycles. The Hall–Kier alpha value is -3.22. The van der Waals surface area contributed by atoms with Crippen molar-refractivity contribution in [2.45, 2.75) is 6.92 Å². The number of aryl methyl sites for hydroxylation is 1. The van der Waals surface area contributed by atoms with E-state index in [0.29, 0.717) is 28.2 Å². The Balaban J connectivity index is 1.95. The van der Waals surface area contributed by atoms with Crippen molar-refractivity contribution >= 4 is 22.9 Å². The molecule has 112 valence electrons. The lowest BCUT2D eigenvalue weighted by Gasteiger charge is -2.09. The smallest absolute Gasteiger partial charge is 0.457 e. The van der Waals surface area contributed by atoms with Crippen LogP contribution in [-0.4, -0.2) is 21.0 Å². The number of rotatable bonds is 3. The van der Waals surface area contributed by atoms with Crippen molar-refractivity contribution in [3.8, 4) is 11.5 Å². The van der Waals surface area contributed by atoms with Crippen LogP contribution >= 0.6 is 0 Å². The van der Waals surface area contributed by atoms with E-state index in [-0.39, 0.29) is 0 Å². The molecule has 0 radical (unpaired) electrons. The predicted octanol–water partition coefficient (Wildman–Crippen LogP) is 2.83. The summed E-state index contributed by atoms with van der Waals surface area (Å²) < 4.78 is 6.87. The summed E-state index contributed by atoms with van der Waals surface area (Å²) in [6.07, 6.45) is -0.128. The Labute approximate surface area is 125 Å². The Bertz CT molecular complexity index is 857. The number of hydrogen-bond acceptors (Lipinski definition) is 5. The summed E-state index contributed by atoms with van der Waals surface area (Å²) >= 11 is 0. The summed E-state index contributed by atoms with van der Waals surface area (Å²) in [7, 11) is 0. The number of aromatic nitrogens is 2. The molecule has 2 aromatic carbocycles. The van der Waals surface area contributed by atoms with E-state index in [2.05, 4.69) is 9.82 Å². The average Bonchev–Trinajstić information content (AvgIpc) is 2.84. The molecule has 0 aliphatic rings. The maximum absolute atomic E-state index is 10.6. The van der Waals surface area contributed by atoms with Gasteiger partial charge in [-0.1, -0.05) is 0 Å². The van der Waals surface area contributed by atoms with Crippen molar-refractivity contribution in [2.24, 2.45) is 0 Å². The molecule has 7 nitrogen and oxygen atoms in total. The number of anilines is 1. The molecule has 0 unspecified atom stereocenters. The zero-order valence-corrected chi connectivity index (χ0v) is 11.7. The summed E-state index contributed by atoms with van der Waals surface area (Å²) in [5.41, 5.74) is 8.36. The molecule has 0 aliphatic carbocycles. The van der Waals surface area contributed by atoms with Crippen LogP contribution < -0.4 is 15.3 Å². The summed E-state index contributed by atoms with van der Waals surface area (Å²) in [6.45, 7) is 1.89. The third-order valence-electron chi connectivity index (χ3n) is 3.09. The van der Waals surface area contributed by atoms with Crippen molar-refractivity contribution < 1.29 is 19.5 Å². The van der Waals surface area contributed by atoms with Gasteiger partial charge in [0.15, 0.2) is 0 Å². The first-order valence-electron chi connectivity index (χ1n) is 6.45. The molecule has 0 bridgehead atoms. The van der Waals surface area contributed by atoms with Gasteiger partial charge in [-0.15, -0.1) is 0 Å². The summed E-state index contributed by atoms with van der Waals surface area (Å²) in [6, 6.07) is 10.5. The zero-order chi connectivity index (χ0) is 15.7. The van der Waals surface area contributed by atoms with Gasteiger partial charge in [0.25, 0.3) is 0 Å². The third kappa shape index (κ3) is 2.64. The highest BCUT2D eigenvalue weighted by Crippen LogP contribution is 2.28. The Morgan fingerprint density at radius 2 is 2.09 bits per heavy atom. The molecule has 1 heterocycles. The van der Waals surface area contributed by atoms with Crippen molar-refractivity contribution in [3.05, 3.63) is 48.3 Å². The number of fused-ring (bicyclic) bond motifs is 1. The SMILES string of the molecule is Cc1cc(N)ccc1Oc1ccc2ncn(OC(=O)O)c2c1. The fraction of sp³-hybridized carbons (Fsp3) is 0.0667. The zero-order valence-electron chi connectivity index (χ0n) is 11.7. The van der Waals surface area contributed by atoms with E-state index < -0.39 is 6.16 Å². The molecule has 0 saturated carbocycles. The minimum Gasteiger partial charge on any atom is -0.457 e. The topological polar surface area (TPSA) is 99.6 Å². The van der Waals surface area contributed by atoms with Crippen LogP contribution in [0, 0.1) is 6.92 Å². The number of ether oxygens (including phenoxy) is 1. The third-order valence-corrected chi connectivity index (χ3v) is 3.09. The molecular formula is C15H13N3O4. The number of imidazole rings is 1. The van der Waals surface area contributed by atoms with Crippen LogP contribution in [0.2, 0.25) is 0 Å². The first-order valence-corrected chi connectivity index (χ1v) is 6.45. The van der Waals surface area contributed by atoms with Gasteiger partial charge in [-0.05, 0) is 42.8 Å². The van der Waals surface area contributed by atoms with Crippen LogP contribution in [0.15, 0.2) is 42.7 Å². The van der Waals surface area contributed by atoms with E-state index in [0.717, 1.165) is 10.3 Å². The molecule has 0 saturated heterocycles. The fourth-order valence-electron chi connectivity index (χ4n) is 2.10. The molecule has 3 aromatic rings. The highest BCUT2D eigenvalue weighted by Gasteiger charge is 2.09. The van der Waals surface area contributed by atoms with Crippen LogP contribution in [0.3, 0.4) is 0 Å². The lowest BCUT2D eigenvalue weighted by atomic mass is 10.2. The average molecular weight is 299 g/mol. The Morgan fingerprint density at radius 1 is 1.27 bits per heavy atom. The van der Waals surface area contributed by atoms with Crippen molar-refractivity contribution in [1.29, 1.82) is 0 Å². The maximum atomic E-state index is 10.6. The number of carboxylic acid groups (broad SMARTS) is 1. The minimum absolute atomic E-state index is 0.494. The highest BCUT2D eigenvalue weighted by atomic mass is 16.8. The largest absolute Gasteiger partial charge is 0.531 e. The number of carbonyl (C=O) groups is 1.